The molecular formula is C15H15FN2O2. The van der Waals surface area contributed by atoms with Crippen molar-refractivity contribution in [3.8, 4) is 6.07 Å². The van der Waals surface area contributed by atoms with Gasteiger partial charge in [0.2, 0.25) is 0 Å². The normalized spacial score (nSPS) is 27.3. The molecule has 1 aromatic carbocycles. The maximum absolute atomic E-state index is 13.7. The summed E-state index contributed by atoms with van der Waals surface area (Å²) in [6.07, 6.45) is 3.72. The highest BCUT2D eigenvalue weighted by atomic mass is 19.1. The van der Waals surface area contributed by atoms with Gasteiger partial charge in [0.05, 0.1) is 29.4 Å². The molecule has 5 heteroatoms. The third kappa shape index (κ3) is 2.39. The van der Waals surface area contributed by atoms with Gasteiger partial charge in [-0.2, -0.15) is 5.26 Å². The Balaban J connectivity index is 1.61. The van der Waals surface area contributed by atoms with Crippen molar-refractivity contribution in [3.63, 3.8) is 0 Å². The van der Waals surface area contributed by atoms with E-state index in [1.165, 1.54) is 12.1 Å². The summed E-state index contributed by atoms with van der Waals surface area (Å²) in [5, 5.41) is 11.4. The predicted octanol–water partition coefficient (Wildman–Crippen LogP) is 1.99. The minimum atomic E-state index is -0.661. The number of carbonyl (C=O) groups is 1. The minimum absolute atomic E-state index is 0.0203. The van der Waals surface area contributed by atoms with Crippen molar-refractivity contribution in [2.24, 2.45) is 5.92 Å². The van der Waals surface area contributed by atoms with Crippen LogP contribution in [0.25, 0.3) is 0 Å². The number of nitriles is 1. The van der Waals surface area contributed by atoms with E-state index in [9.17, 15) is 9.18 Å². The Hall–Kier alpha value is -1.93. The largest absolute Gasteiger partial charge is 0.375 e. The van der Waals surface area contributed by atoms with E-state index in [0.29, 0.717) is 18.6 Å². The van der Waals surface area contributed by atoms with E-state index in [2.05, 4.69) is 5.32 Å². The van der Waals surface area contributed by atoms with Crippen LogP contribution in [-0.4, -0.2) is 24.7 Å². The monoisotopic (exact) mass is 274 g/mol. The molecule has 104 valence electrons. The van der Waals surface area contributed by atoms with Crippen molar-refractivity contribution in [3.05, 3.63) is 35.1 Å². The number of benzene rings is 1. The Morgan fingerprint density at radius 1 is 1.50 bits per heavy atom. The van der Waals surface area contributed by atoms with Crippen LogP contribution in [0, 0.1) is 23.1 Å². The molecule has 4 nitrogen and oxygen atoms in total. The smallest absolute Gasteiger partial charge is 0.254 e. The summed E-state index contributed by atoms with van der Waals surface area (Å²) < 4.78 is 19.4. The molecule has 2 aliphatic heterocycles. The number of hydrogen-bond donors (Lipinski definition) is 1. The number of nitrogens with zero attached hydrogens (tertiary/aromatic N) is 1. The number of nitrogens with one attached hydrogen (secondary N) is 1. The fourth-order valence-corrected chi connectivity index (χ4v) is 3.05. The zero-order valence-corrected chi connectivity index (χ0v) is 10.9. The van der Waals surface area contributed by atoms with Crippen LogP contribution < -0.4 is 5.32 Å². The van der Waals surface area contributed by atoms with Crippen LogP contribution in [0.3, 0.4) is 0 Å². The first kappa shape index (κ1) is 13.1. The summed E-state index contributed by atoms with van der Waals surface area (Å²) in [7, 11) is 0. The fourth-order valence-electron chi connectivity index (χ4n) is 3.05. The SMILES string of the molecule is N#Cc1ccc(C(=O)NC[C@@H]2C[C@@H]3CC[C@H]2O3)c(F)c1. The van der Waals surface area contributed by atoms with Gasteiger partial charge in [-0.25, -0.2) is 4.39 Å². The summed E-state index contributed by atoms with van der Waals surface area (Å²) in [5.74, 6) is -0.764. The maximum Gasteiger partial charge on any atom is 0.254 e. The molecule has 20 heavy (non-hydrogen) atoms. The quantitative estimate of drug-likeness (QED) is 0.917. The molecule has 0 saturated carbocycles. The summed E-state index contributed by atoms with van der Waals surface area (Å²) in [4.78, 5) is 12.0. The van der Waals surface area contributed by atoms with Gasteiger partial charge in [-0.05, 0) is 37.5 Å². The highest BCUT2D eigenvalue weighted by Gasteiger charge is 2.40. The Morgan fingerprint density at radius 3 is 2.95 bits per heavy atom. The lowest BCUT2D eigenvalue weighted by atomic mass is 9.89. The molecule has 3 rings (SSSR count). The van der Waals surface area contributed by atoms with Crippen molar-refractivity contribution >= 4 is 5.91 Å². The van der Waals surface area contributed by atoms with Gasteiger partial charge in [-0.1, -0.05) is 0 Å². The molecule has 1 amide bonds. The lowest BCUT2D eigenvalue weighted by molar-refractivity contribution is 0.0871. The molecule has 2 bridgehead atoms. The molecular weight excluding hydrogens is 259 g/mol. The second kappa shape index (κ2) is 5.22. The van der Waals surface area contributed by atoms with Gasteiger partial charge in [-0.3, -0.25) is 4.79 Å². The van der Waals surface area contributed by atoms with Gasteiger partial charge in [-0.15, -0.1) is 0 Å². The molecule has 2 aliphatic rings. The van der Waals surface area contributed by atoms with Gasteiger partial charge < -0.3 is 10.1 Å². The highest BCUT2D eigenvalue weighted by Crippen LogP contribution is 2.38. The number of amides is 1. The fraction of sp³-hybridized carbons (Fsp3) is 0.467. The van der Waals surface area contributed by atoms with Gasteiger partial charge >= 0.3 is 0 Å². The Labute approximate surface area is 116 Å². The van der Waals surface area contributed by atoms with Crippen molar-refractivity contribution in [2.75, 3.05) is 6.54 Å². The van der Waals surface area contributed by atoms with Crippen LogP contribution in [-0.2, 0) is 4.74 Å². The van der Waals surface area contributed by atoms with Gasteiger partial charge in [0.25, 0.3) is 5.91 Å². The van der Waals surface area contributed by atoms with E-state index < -0.39 is 11.7 Å². The molecule has 1 N–H and O–H groups in total. The van der Waals surface area contributed by atoms with Gasteiger partial charge in [0, 0.05) is 12.5 Å². The van der Waals surface area contributed by atoms with E-state index in [0.717, 1.165) is 25.3 Å². The van der Waals surface area contributed by atoms with Crippen molar-refractivity contribution in [2.45, 2.75) is 31.5 Å². The van der Waals surface area contributed by atoms with Crippen LogP contribution in [0.1, 0.15) is 35.2 Å². The van der Waals surface area contributed by atoms with E-state index in [-0.39, 0.29) is 17.2 Å². The van der Waals surface area contributed by atoms with Gasteiger partial charge in [0.1, 0.15) is 5.82 Å². The molecule has 0 spiro atoms. The van der Waals surface area contributed by atoms with Gasteiger partial charge in [0.15, 0.2) is 0 Å². The topological polar surface area (TPSA) is 62.1 Å². The second-order valence-corrected chi connectivity index (χ2v) is 5.39. The minimum Gasteiger partial charge on any atom is -0.375 e. The predicted molar refractivity (Wildman–Crippen MR) is 69.5 cm³/mol. The standard InChI is InChI=1S/C15H15FN2O2/c16-13-5-9(7-17)1-3-12(13)15(19)18-8-10-6-11-2-4-14(10)20-11/h1,3,5,10-11,14H,2,4,6,8H2,(H,18,19)/t10-,11-,14+/m0/s1. The number of hydrogen-bond acceptors (Lipinski definition) is 3. The molecule has 3 atom stereocenters. The Kier molecular flexibility index (Phi) is 3.41. The Morgan fingerprint density at radius 2 is 2.35 bits per heavy atom. The van der Waals surface area contributed by atoms with Crippen LogP contribution in [0.5, 0.6) is 0 Å². The van der Waals surface area contributed by atoms with Crippen LogP contribution in [0.4, 0.5) is 4.39 Å². The lowest BCUT2D eigenvalue weighted by Gasteiger charge is -2.18. The summed E-state index contributed by atoms with van der Waals surface area (Å²) in [6.45, 7) is 0.513. The average molecular weight is 274 g/mol. The molecule has 0 radical (unpaired) electrons. The number of halogens is 1. The molecule has 0 aliphatic carbocycles. The first-order valence-electron chi connectivity index (χ1n) is 6.80. The molecule has 0 unspecified atom stereocenters. The first-order chi connectivity index (χ1) is 9.67. The Bertz CT molecular complexity index is 582. The zero-order chi connectivity index (χ0) is 14.1. The number of carbonyl (C=O) groups excluding carboxylic acids is 1. The third-order valence-electron chi connectivity index (χ3n) is 4.10. The third-order valence-corrected chi connectivity index (χ3v) is 4.10. The summed E-state index contributed by atoms with van der Waals surface area (Å²) in [5.41, 5.74) is 0.189. The molecule has 2 saturated heterocycles. The van der Waals surface area contributed by atoms with E-state index in [1.54, 1.807) is 0 Å². The summed E-state index contributed by atoms with van der Waals surface area (Å²) >= 11 is 0. The van der Waals surface area contributed by atoms with E-state index >= 15 is 0 Å². The number of ether oxygens (including phenoxy) is 1. The number of rotatable bonds is 3. The zero-order valence-electron chi connectivity index (χ0n) is 10.9. The van der Waals surface area contributed by atoms with Crippen LogP contribution in [0.2, 0.25) is 0 Å². The second-order valence-electron chi connectivity index (χ2n) is 5.39. The van der Waals surface area contributed by atoms with E-state index in [1.807, 2.05) is 6.07 Å². The molecule has 2 fully saturated rings. The van der Waals surface area contributed by atoms with Crippen LogP contribution >= 0.6 is 0 Å². The van der Waals surface area contributed by atoms with Crippen molar-refractivity contribution in [1.82, 2.24) is 5.32 Å². The highest BCUT2D eigenvalue weighted by molar-refractivity contribution is 5.94. The van der Waals surface area contributed by atoms with Crippen molar-refractivity contribution in [1.29, 1.82) is 5.26 Å². The summed E-state index contributed by atoms with van der Waals surface area (Å²) in [6, 6.07) is 5.71. The van der Waals surface area contributed by atoms with Crippen molar-refractivity contribution < 1.29 is 13.9 Å². The van der Waals surface area contributed by atoms with Crippen LogP contribution in [0.15, 0.2) is 18.2 Å². The molecule has 0 aromatic heterocycles. The molecule has 2 heterocycles. The van der Waals surface area contributed by atoms with E-state index in [4.69, 9.17) is 10.00 Å². The molecule has 1 aromatic rings. The average Bonchev–Trinajstić information content (AvgIpc) is 3.07. The maximum atomic E-state index is 13.7. The lowest BCUT2D eigenvalue weighted by Crippen LogP contribution is -2.33. The first-order valence-corrected chi connectivity index (χ1v) is 6.80. The number of fused-ring (bicyclic) bond motifs is 2.